The lowest BCUT2D eigenvalue weighted by Crippen LogP contribution is -2.43. The minimum absolute atomic E-state index is 0.223. The molecular weight excluding hydrogens is 236 g/mol. The van der Waals surface area contributed by atoms with Crippen LogP contribution in [-0.2, 0) is 0 Å². The summed E-state index contributed by atoms with van der Waals surface area (Å²) >= 11 is 0. The number of hydrogen-bond donors (Lipinski definition) is 1. The maximum absolute atomic E-state index is 4.37. The van der Waals surface area contributed by atoms with Crippen molar-refractivity contribution in [1.82, 2.24) is 15.3 Å². The molecule has 0 bridgehead atoms. The molecular formula is C15H26N4. The van der Waals surface area contributed by atoms with Crippen LogP contribution >= 0.6 is 0 Å². The molecule has 0 aliphatic carbocycles. The third kappa shape index (κ3) is 4.46. The predicted molar refractivity (Wildman–Crippen MR) is 79.5 cm³/mol. The van der Waals surface area contributed by atoms with Gasteiger partial charge in [-0.3, -0.25) is 0 Å². The standard InChI is InChI=1S/C15H26N4/c1-12-9-14(17-11-16-12)19-7-5-13(6-8-19)10-18-15(2,3)4/h9,11,13,18H,5-8,10H2,1-4H3. The zero-order chi connectivity index (χ0) is 13.9. The first-order chi connectivity index (χ1) is 8.94. The van der Waals surface area contributed by atoms with Crippen LogP contribution in [0.5, 0.6) is 0 Å². The molecule has 1 N–H and O–H groups in total. The fourth-order valence-electron chi connectivity index (χ4n) is 2.43. The molecule has 106 valence electrons. The molecule has 4 heteroatoms. The molecule has 0 spiro atoms. The maximum Gasteiger partial charge on any atom is 0.132 e. The molecule has 1 saturated heterocycles. The molecule has 0 unspecified atom stereocenters. The molecule has 1 aliphatic heterocycles. The minimum atomic E-state index is 0.223. The second kappa shape index (κ2) is 5.87. The van der Waals surface area contributed by atoms with Crippen LogP contribution in [0.3, 0.4) is 0 Å². The van der Waals surface area contributed by atoms with E-state index in [2.05, 4.69) is 47.0 Å². The van der Waals surface area contributed by atoms with Crippen molar-refractivity contribution in [3.8, 4) is 0 Å². The third-order valence-corrected chi connectivity index (χ3v) is 3.65. The average molecular weight is 262 g/mol. The van der Waals surface area contributed by atoms with Gasteiger partial charge in [0.1, 0.15) is 12.1 Å². The Bertz CT molecular complexity index is 403. The Morgan fingerprint density at radius 2 is 1.95 bits per heavy atom. The third-order valence-electron chi connectivity index (χ3n) is 3.65. The smallest absolute Gasteiger partial charge is 0.132 e. The van der Waals surface area contributed by atoms with Crippen molar-refractivity contribution in [1.29, 1.82) is 0 Å². The number of aryl methyl sites for hydroxylation is 1. The Morgan fingerprint density at radius 3 is 2.53 bits per heavy atom. The van der Waals surface area contributed by atoms with E-state index in [1.807, 2.05) is 6.92 Å². The van der Waals surface area contributed by atoms with Gasteiger partial charge in [-0.15, -0.1) is 0 Å². The van der Waals surface area contributed by atoms with Crippen LogP contribution in [-0.4, -0.2) is 35.1 Å². The summed E-state index contributed by atoms with van der Waals surface area (Å²) in [4.78, 5) is 10.9. The number of piperidine rings is 1. The monoisotopic (exact) mass is 262 g/mol. The summed E-state index contributed by atoms with van der Waals surface area (Å²) in [5, 5.41) is 3.61. The second-order valence-corrected chi connectivity index (χ2v) is 6.58. The van der Waals surface area contributed by atoms with Crippen LogP contribution in [0.1, 0.15) is 39.3 Å². The van der Waals surface area contributed by atoms with Crippen molar-refractivity contribution in [2.75, 3.05) is 24.5 Å². The van der Waals surface area contributed by atoms with E-state index < -0.39 is 0 Å². The highest BCUT2D eigenvalue weighted by Gasteiger charge is 2.21. The van der Waals surface area contributed by atoms with Crippen LogP contribution < -0.4 is 10.2 Å². The number of rotatable bonds is 3. The van der Waals surface area contributed by atoms with Crippen LogP contribution in [0.2, 0.25) is 0 Å². The highest BCUT2D eigenvalue weighted by Crippen LogP contribution is 2.21. The summed E-state index contributed by atoms with van der Waals surface area (Å²) in [6, 6.07) is 2.08. The number of aromatic nitrogens is 2. The van der Waals surface area contributed by atoms with Crippen LogP contribution in [0.4, 0.5) is 5.82 Å². The Balaban J connectivity index is 1.82. The van der Waals surface area contributed by atoms with E-state index in [9.17, 15) is 0 Å². The molecule has 1 aliphatic rings. The summed E-state index contributed by atoms with van der Waals surface area (Å²) in [6.45, 7) is 12.0. The lowest BCUT2D eigenvalue weighted by molar-refractivity contribution is 0.328. The minimum Gasteiger partial charge on any atom is -0.356 e. The van der Waals surface area contributed by atoms with Gasteiger partial charge in [0.25, 0.3) is 0 Å². The van der Waals surface area contributed by atoms with E-state index in [-0.39, 0.29) is 5.54 Å². The van der Waals surface area contributed by atoms with Crippen molar-refractivity contribution < 1.29 is 0 Å². The van der Waals surface area contributed by atoms with Crippen LogP contribution in [0, 0.1) is 12.8 Å². The highest BCUT2D eigenvalue weighted by atomic mass is 15.2. The van der Waals surface area contributed by atoms with Gasteiger partial charge >= 0.3 is 0 Å². The summed E-state index contributed by atoms with van der Waals surface area (Å²) in [7, 11) is 0. The van der Waals surface area contributed by atoms with Crippen LogP contribution in [0.25, 0.3) is 0 Å². The van der Waals surface area contributed by atoms with Gasteiger partial charge in [-0.05, 0) is 53.0 Å². The van der Waals surface area contributed by atoms with Gasteiger partial charge < -0.3 is 10.2 Å². The van der Waals surface area contributed by atoms with E-state index >= 15 is 0 Å². The van der Waals surface area contributed by atoms with Crippen molar-refractivity contribution >= 4 is 5.82 Å². The van der Waals surface area contributed by atoms with Gasteiger partial charge in [0.2, 0.25) is 0 Å². The second-order valence-electron chi connectivity index (χ2n) is 6.58. The molecule has 2 heterocycles. The largest absolute Gasteiger partial charge is 0.356 e. The van der Waals surface area contributed by atoms with E-state index in [1.54, 1.807) is 6.33 Å². The van der Waals surface area contributed by atoms with Crippen molar-refractivity contribution in [2.45, 2.75) is 46.1 Å². The summed E-state index contributed by atoms with van der Waals surface area (Å²) in [5.74, 6) is 1.87. The highest BCUT2D eigenvalue weighted by molar-refractivity contribution is 5.38. The van der Waals surface area contributed by atoms with Crippen LogP contribution in [0.15, 0.2) is 12.4 Å². The first-order valence-corrected chi connectivity index (χ1v) is 7.23. The average Bonchev–Trinajstić information content (AvgIpc) is 2.36. The molecule has 0 atom stereocenters. The molecule has 0 saturated carbocycles. The first kappa shape index (κ1) is 14.3. The number of hydrogen-bond acceptors (Lipinski definition) is 4. The molecule has 0 radical (unpaired) electrons. The van der Waals surface area contributed by atoms with Gasteiger partial charge in [-0.1, -0.05) is 0 Å². The number of nitrogens with one attached hydrogen (secondary N) is 1. The maximum atomic E-state index is 4.37. The molecule has 1 aromatic rings. The number of anilines is 1. The van der Waals surface area contributed by atoms with Gasteiger partial charge in [0.05, 0.1) is 0 Å². The summed E-state index contributed by atoms with van der Waals surface area (Å²) < 4.78 is 0. The zero-order valence-corrected chi connectivity index (χ0v) is 12.6. The Hall–Kier alpha value is -1.16. The van der Waals surface area contributed by atoms with E-state index in [4.69, 9.17) is 0 Å². The van der Waals surface area contributed by atoms with Crippen molar-refractivity contribution in [3.05, 3.63) is 18.1 Å². The molecule has 19 heavy (non-hydrogen) atoms. The van der Waals surface area contributed by atoms with Crippen molar-refractivity contribution in [2.24, 2.45) is 5.92 Å². The van der Waals surface area contributed by atoms with Crippen molar-refractivity contribution in [3.63, 3.8) is 0 Å². The molecule has 4 nitrogen and oxygen atoms in total. The molecule has 0 amide bonds. The fourth-order valence-corrected chi connectivity index (χ4v) is 2.43. The van der Waals surface area contributed by atoms with E-state index in [0.29, 0.717) is 0 Å². The fraction of sp³-hybridized carbons (Fsp3) is 0.733. The summed E-state index contributed by atoms with van der Waals surface area (Å²) in [5.41, 5.74) is 1.27. The van der Waals surface area contributed by atoms with E-state index in [0.717, 1.165) is 37.1 Å². The quantitative estimate of drug-likeness (QED) is 0.908. The Morgan fingerprint density at radius 1 is 1.26 bits per heavy atom. The zero-order valence-electron chi connectivity index (χ0n) is 12.6. The van der Waals surface area contributed by atoms with Gasteiger partial charge in [-0.2, -0.15) is 0 Å². The topological polar surface area (TPSA) is 41.0 Å². The molecule has 0 aromatic carbocycles. The lowest BCUT2D eigenvalue weighted by Gasteiger charge is -2.34. The predicted octanol–water partition coefficient (Wildman–Crippen LogP) is 2.39. The SMILES string of the molecule is Cc1cc(N2CCC(CNC(C)(C)C)CC2)ncn1. The molecule has 1 fully saturated rings. The number of nitrogens with zero attached hydrogens (tertiary/aromatic N) is 3. The summed E-state index contributed by atoms with van der Waals surface area (Å²) in [6.07, 6.45) is 4.15. The van der Waals surface area contributed by atoms with Gasteiger partial charge in [-0.25, -0.2) is 9.97 Å². The van der Waals surface area contributed by atoms with Gasteiger partial charge in [0.15, 0.2) is 0 Å². The van der Waals surface area contributed by atoms with Gasteiger partial charge in [0, 0.05) is 30.4 Å². The Labute approximate surface area is 116 Å². The van der Waals surface area contributed by atoms with E-state index in [1.165, 1.54) is 12.8 Å². The molecule has 2 rings (SSSR count). The Kier molecular flexibility index (Phi) is 4.40. The molecule has 1 aromatic heterocycles. The normalized spacial score (nSPS) is 17.8. The first-order valence-electron chi connectivity index (χ1n) is 7.23. The lowest BCUT2D eigenvalue weighted by atomic mass is 9.95.